The molecular weight excluding hydrogens is 362 g/mol. The van der Waals surface area contributed by atoms with Crippen molar-refractivity contribution in [3.05, 3.63) is 29.5 Å². The molecule has 0 saturated heterocycles. The third-order valence-corrected chi connectivity index (χ3v) is 4.01. The number of fused-ring (bicyclic) bond motifs is 1. The van der Waals surface area contributed by atoms with Crippen LogP contribution in [-0.4, -0.2) is 49.3 Å². The van der Waals surface area contributed by atoms with Gasteiger partial charge in [0, 0.05) is 7.11 Å². The van der Waals surface area contributed by atoms with Crippen LogP contribution in [0.1, 0.15) is 36.8 Å². The molecule has 0 saturated carbocycles. The lowest BCUT2D eigenvalue weighted by atomic mass is 10.0. The van der Waals surface area contributed by atoms with Crippen LogP contribution in [0.4, 0.5) is 5.69 Å². The highest BCUT2D eigenvalue weighted by atomic mass is 16.5. The van der Waals surface area contributed by atoms with Gasteiger partial charge >= 0.3 is 5.97 Å². The second kappa shape index (κ2) is 8.88. The summed E-state index contributed by atoms with van der Waals surface area (Å²) < 4.78 is 15.9. The Bertz CT molecular complexity index is 880. The first-order valence-electron chi connectivity index (χ1n) is 8.98. The topological polar surface area (TPSA) is 113 Å². The summed E-state index contributed by atoms with van der Waals surface area (Å²) in [5, 5.41) is 3.37. The standard InChI is InChI=1S/C20H27N3O5/c1-6-27-19(25)16-12(2)22-13-8-7-9-14(17(13)18(16)21)28-11-20(3,4)23-15(24)10-26-5/h7-9H,6,10-11H2,1-5H3,(H2,21,22)(H,23,24). The Kier molecular flexibility index (Phi) is 6.80. The molecule has 8 nitrogen and oxygen atoms in total. The number of amides is 1. The molecule has 1 heterocycles. The Morgan fingerprint density at radius 3 is 2.64 bits per heavy atom. The lowest BCUT2D eigenvalue weighted by molar-refractivity contribution is -0.126. The number of hydrogen-bond acceptors (Lipinski definition) is 7. The van der Waals surface area contributed by atoms with Gasteiger partial charge in [-0.15, -0.1) is 0 Å². The minimum absolute atomic E-state index is 0.0310. The molecule has 152 valence electrons. The number of ether oxygens (including phenoxy) is 3. The highest BCUT2D eigenvalue weighted by Gasteiger charge is 2.24. The van der Waals surface area contributed by atoms with Gasteiger partial charge in [0.25, 0.3) is 0 Å². The molecule has 0 atom stereocenters. The smallest absolute Gasteiger partial charge is 0.342 e. The van der Waals surface area contributed by atoms with E-state index in [2.05, 4.69) is 10.3 Å². The number of esters is 1. The van der Waals surface area contributed by atoms with Crippen LogP contribution in [0.2, 0.25) is 0 Å². The van der Waals surface area contributed by atoms with Crippen LogP contribution < -0.4 is 15.8 Å². The molecule has 0 aliphatic rings. The van der Waals surface area contributed by atoms with Crippen molar-refractivity contribution in [2.24, 2.45) is 0 Å². The van der Waals surface area contributed by atoms with Crippen molar-refractivity contribution in [3.8, 4) is 5.75 Å². The van der Waals surface area contributed by atoms with Gasteiger partial charge in [0.05, 0.1) is 34.4 Å². The number of anilines is 1. The van der Waals surface area contributed by atoms with E-state index in [0.717, 1.165) is 0 Å². The van der Waals surface area contributed by atoms with Crippen LogP contribution in [0.15, 0.2) is 18.2 Å². The molecule has 28 heavy (non-hydrogen) atoms. The fraction of sp³-hybridized carbons (Fsp3) is 0.450. The third-order valence-electron chi connectivity index (χ3n) is 4.01. The number of nitrogen functional groups attached to an aromatic ring is 1. The van der Waals surface area contributed by atoms with E-state index in [1.165, 1.54) is 7.11 Å². The first-order chi connectivity index (χ1) is 13.2. The number of benzene rings is 1. The van der Waals surface area contributed by atoms with Crippen molar-refractivity contribution < 1.29 is 23.8 Å². The van der Waals surface area contributed by atoms with E-state index < -0.39 is 11.5 Å². The lowest BCUT2D eigenvalue weighted by Gasteiger charge is -2.26. The average Bonchev–Trinajstić information content (AvgIpc) is 2.59. The van der Waals surface area contributed by atoms with E-state index >= 15 is 0 Å². The largest absolute Gasteiger partial charge is 0.490 e. The van der Waals surface area contributed by atoms with Crippen LogP contribution in [0.5, 0.6) is 5.75 Å². The summed E-state index contributed by atoms with van der Waals surface area (Å²) in [7, 11) is 1.46. The first-order valence-corrected chi connectivity index (χ1v) is 8.98. The van der Waals surface area contributed by atoms with Crippen LogP contribution in [0.25, 0.3) is 10.9 Å². The van der Waals surface area contributed by atoms with Gasteiger partial charge < -0.3 is 25.3 Å². The Morgan fingerprint density at radius 1 is 1.29 bits per heavy atom. The number of carbonyl (C=O) groups excluding carboxylic acids is 2. The highest BCUT2D eigenvalue weighted by molar-refractivity contribution is 6.07. The maximum absolute atomic E-state index is 12.3. The summed E-state index contributed by atoms with van der Waals surface area (Å²) in [4.78, 5) is 28.6. The zero-order valence-corrected chi connectivity index (χ0v) is 16.9. The molecule has 1 aromatic heterocycles. The number of rotatable bonds is 8. The van der Waals surface area contributed by atoms with Crippen molar-refractivity contribution >= 4 is 28.5 Å². The zero-order chi connectivity index (χ0) is 20.9. The van der Waals surface area contributed by atoms with E-state index in [-0.39, 0.29) is 37.0 Å². The van der Waals surface area contributed by atoms with Crippen LogP contribution in [-0.2, 0) is 14.3 Å². The number of carbonyl (C=O) groups is 2. The Balaban J connectivity index is 2.36. The van der Waals surface area contributed by atoms with E-state index in [1.807, 2.05) is 13.8 Å². The number of aryl methyl sites for hydroxylation is 1. The summed E-state index contributed by atoms with van der Waals surface area (Å²) >= 11 is 0. The molecule has 0 radical (unpaired) electrons. The molecule has 0 aliphatic heterocycles. The zero-order valence-electron chi connectivity index (χ0n) is 16.9. The number of nitrogens with two attached hydrogens (primary N) is 1. The van der Waals surface area contributed by atoms with Gasteiger partial charge in [-0.25, -0.2) is 4.79 Å². The van der Waals surface area contributed by atoms with Crippen molar-refractivity contribution in [1.82, 2.24) is 10.3 Å². The van der Waals surface area contributed by atoms with Gasteiger partial charge in [-0.2, -0.15) is 0 Å². The predicted molar refractivity (Wildman–Crippen MR) is 106 cm³/mol. The Labute approximate surface area is 164 Å². The molecule has 1 aromatic carbocycles. The molecule has 0 fully saturated rings. The van der Waals surface area contributed by atoms with Gasteiger partial charge in [0.2, 0.25) is 5.91 Å². The molecular formula is C20H27N3O5. The summed E-state index contributed by atoms with van der Waals surface area (Å²) in [5.74, 6) is -0.286. The van der Waals surface area contributed by atoms with Crippen molar-refractivity contribution in [2.75, 3.05) is 32.7 Å². The van der Waals surface area contributed by atoms with Gasteiger partial charge in [-0.3, -0.25) is 9.78 Å². The second-order valence-corrected chi connectivity index (χ2v) is 7.01. The molecule has 0 aliphatic carbocycles. The number of hydrogen-bond donors (Lipinski definition) is 2. The van der Waals surface area contributed by atoms with Gasteiger partial charge in [-0.1, -0.05) is 6.07 Å². The number of nitrogens with zero attached hydrogens (tertiary/aromatic N) is 1. The Morgan fingerprint density at radius 2 is 2.00 bits per heavy atom. The SMILES string of the molecule is CCOC(=O)c1c(C)nc2cccc(OCC(C)(C)NC(=O)COC)c2c1N. The molecule has 8 heteroatoms. The molecule has 1 amide bonds. The number of pyridine rings is 1. The minimum Gasteiger partial charge on any atom is -0.490 e. The Hall–Kier alpha value is -2.87. The lowest BCUT2D eigenvalue weighted by Crippen LogP contribution is -2.49. The van der Waals surface area contributed by atoms with Crippen molar-refractivity contribution in [2.45, 2.75) is 33.2 Å². The minimum atomic E-state index is -0.644. The first kappa shape index (κ1) is 21.4. The fourth-order valence-electron chi connectivity index (χ4n) is 2.86. The van der Waals surface area contributed by atoms with Gasteiger partial charge in [-0.05, 0) is 39.8 Å². The van der Waals surface area contributed by atoms with Gasteiger partial charge in [0.1, 0.15) is 24.5 Å². The van der Waals surface area contributed by atoms with Crippen molar-refractivity contribution in [3.63, 3.8) is 0 Å². The van der Waals surface area contributed by atoms with Gasteiger partial charge in [0.15, 0.2) is 0 Å². The van der Waals surface area contributed by atoms with Crippen LogP contribution >= 0.6 is 0 Å². The summed E-state index contributed by atoms with van der Waals surface area (Å²) in [6, 6.07) is 5.34. The predicted octanol–water partition coefficient (Wildman–Crippen LogP) is 2.22. The molecule has 0 bridgehead atoms. The van der Waals surface area contributed by atoms with Crippen LogP contribution in [0.3, 0.4) is 0 Å². The van der Waals surface area contributed by atoms with E-state index in [1.54, 1.807) is 32.0 Å². The second-order valence-electron chi connectivity index (χ2n) is 7.01. The molecule has 3 N–H and O–H groups in total. The molecule has 2 aromatic rings. The fourth-order valence-corrected chi connectivity index (χ4v) is 2.86. The number of aromatic nitrogens is 1. The van der Waals surface area contributed by atoms with E-state index in [4.69, 9.17) is 19.9 Å². The van der Waals surface area contributed by atoms with Crippen molar-refractivity contribution in [1.29, 1.82) is 0 Å². The maximum atomic E-state index is 12.3. The quantitative estimate of drug-likeness (QED) is 0.666. The van der Waals surface area contributed by atoms with E-state index in [0.29, 0.717) is 22.3 Å². The summed E-state index contributed by atoms with van der Waals surface area (Å²) in [6.45, 7) is 7.50. The normalized spacial score (nSPS) is 11.3. The number of nitrogens with one attached hydrogen (secondary N) is 1. The number of methoxy groups -OCH3 is 1. The third kappa shape index (κ3) is 4.89. The summed E-state index contributed by atoms with van der Waals surface area (Å²) in [5.41, 5.74) is 7.26. The molecule has 0 spiro atoms. The molecule has 2 rings (SSSR count). The summed E-state index contributed by atoms with van der Waals surface area (Å²) in [6.07, 6.45) is 0. The average molecular weight is 389 g/mol. The molecule has 0 unspecified atom stereocenters. The maximum Gasteiger partial charge on any atom is 0.342 e. The monoisotopic (exact) mass is 389 g/mol. The highest BCUT2D eigenvalue weighted by Crippen LogP contribution is 2.34. The van der Waals surface area contributed by atoms with Crippen LogP contribution in [0, 0.1) is 6.92 Å². The van der Waals surface area contributed by atoms with E-state index in [9.17, 15) is 9.59 Å².